The average molecular weight is 459 g/mol. The highest BCUT2D eigenvalue weighted by Crippen LogP contribution is 2.38. The highest BCUT2D eigenvalue weighted by atomic mass is 19.4. The van der Waals surface area contributed by atoms with E-state index in [-0.39, 0.29) is 29.6 Å². The fraction of sp³-hybridized carbons (Fsp3) is 0.421. The number of halogens is 5. The standard InChI is InChI=1S/C19H22F5N7O/c20-15(21)6-10(25)7-28-18-29-8-12(16(26)32)17(30-18)31(9-19(22,23)24)14-3-1-2-13-11(14)4-5-27-13/h1-3,8,10,15,27H,4-7,9,25H2,(H2,26,32)(H,28,29,30)/t10-/m0/s1. The number of rotatable bonds is 9. The lowest BCUT2D eigenvalue weighted by atomic mass is 10.1. The van der Waals surface area contributed by atoms with Gasteiger partial charge in [0.2, 0.25) is 12.4 Å². The lowest BCUT2D eigenvalue weighted by Gasteiger charge is -2.28. The number of nitrogens with one attached hydrogen (secondary N) is 2. The number of carbonyl (C=O) groups is 1. The summed E-state index contributed by atoms with van der Waals surface area (Å²) < 4.78 is 65.5. The van der Waals surface area contributed by atoms with Gasteiger partial charge < -0.3 is 27.0 Å². The zero-order chi connectivity index (χ0) is 23.5. The van der Waals surface area contributed by atoms with Crippen LogP contribution in [0, 0.1) is 0 Å². The molecular formula is C19H22F5N7O. The van der Waals surface area contributed by atoms with E-state index in [9.17, 15) is 26.7 Å². The van der Waals surface area contributed by atoms with Crippen molar-refractivity contribution in [1.29, 1.82) is 0 Å². The molecule has 0 bridgehead atoms. The molecule has 0 spiro atoms. The van der Waals surface area contributed by atoms with Crippen LogP contribution in [0.15, 0.2) is 24.4 Å². The highest BCUT2D eigenvalue weighted by Gasteiger charge is 2.35. The number of aromatic nitrogens is 2. The van der Waals surface area contributed by atoms with Crippen molar-refractivity contribution in [2.24, 2.45) is 11.5 Å². The van der Waals surface area contributed by atoms with Crippen LogP contribution in [0.4, 0.5) is 45.1 Å². The van der Waals surface area contributed by atoms with E-state index in [0.717, 1.165) is 11.1 Å². The number of anilines is 4. The summed E-state index contributed by atoms with van der Waals surface area (Å²) in [6.07, 6.45) is -6.36. The summed E-state index contributed by atoms with van der Waals surface area (Å²) in [6, 6.07) is 3.89. The molecule has 3 rings (SSSR count). The van der Waals surface area contributed by atoms with Gasteiger partial charge in [-0.1, -0.05) is 6.07 Å². The molecule has 1 aliphatic rings. The van der Waals surface area contributed by atoms with E-state index in [2.05, 4.69) is 20.6 Å². The fourth-order valence-electron chi connectivity index (χ4n) is 3.40. The third-order valence-corrected chi connectivity index (χ3v) is 4.76. The Morgan fingerprint density at radius 2 is 2.06 bits per heavy atom. The van der Waals surface area contributed by atoms with Crippen LogP contribution in [0.3, 0.4) is 0 Å². The zero-order valence-electron chi connectivity index (χ0n) is 16.8. The van der Waals surface area contributed by atoms with Crippen LogP contribution < -0.4 is 27.0 Å². The summed E-state index contributed by atoms with van der Waals surface area (Å²) in [5.41, 5.74) is 12.2. The van der Waals surface area contributed by atoms with E-state index < -0.39 is 37.5 Å². The van der Waals surface area contributed by atoms with E-state index in [4.69, 9.17) is 11.5 Å². The maximum Gasteiger partial charge on any atom is 0.406 e. The summed E-state index contributed by atoms with van der Waals surface area (Å²) in [5, 5.41) is 5.71. The molecule has 0 saturated carbocycles. The van der Waals surface area contributed by atoms with E-state index >= 15 is 0 Å². The first-order chi connectivity index (χ1) is 15.0. The van der Waals surface area contributed by atoms with E-state index in [0.29, 0.717) is 24.2 Å². The van der Waals surface area contributed by atoms with Crippen molar-refractivity contribution in [3.8, 4) is 0 Å². The summed E-state index contributed by atoms with van der Waals surface area (Å²) >= 11 is 0. The first-order valence-electron chi connectivity index (χ1n) is 9.69. The molecule has 2 heterocycles. The molecule has 0 aliphatic carbocycles. The molecule has 1 aromatic heterocycles. The Morgan fingerprint density at radius 1 is 1.31 bits per heavy atom. The predicted octanol–water partition coefficient (Wildman–Crippen LogP) is 2.64. The van der Waals surface area contributed by atoms with E-state index in [1.54, 1.807) is 12.1 Å². The number of alkyl halides is 5. The second-order valence-corrected chi connectivity index (χ2v) is 7.24. The van der Waals surface area contributed by atoms with Crippen LogP contribution in [0.5, 0.6) is 0 Å². The molecule has 1 amide bonds. The molecule has 1 aliphatic heterocycles. The van der Waals surface area contributed by atoms with Crippen LogP contribution in [0.1, 0.15) is 22.3 Å². The van der Waals surface area contributed by atoms with Crippen molar-refractivity contribution in [3.63, 3.8) is 0 Å². The number of nitrogens with two attached hydrogens (primary N) is 2. The van der Waals surface area contributed by atoms with Crippen molar-refractivity contribution >= 4 is 29.0 Å². The Balaban J connectivity index is 2.03. The quantitative estimate of drug-likeness (QED) is 0.425. The zero-order valence-corrected chi connectivity index (χ0v) is 16.8. The summed E-state index contributed by atoms with van der Waals surface area (Å²) in [5.74, 6) is -1.54. The minimum absolute atomic E-state index is 0.149. The van der Waals surface area contributed by atoms with Gasteiger partial charge in [-0.2, -0.15) is 18.2 Å². The second-order valence-electron chi connectivity index (χ2n) is 7.24. The van der Waals surface area contributed by atoms with Crippen LogP contribution in [0.2, 0.25) is 0 Å². The molecule has 1 atom stereocenters. The third kappa shape index (κ3) is 5.72. The van der Waals surface area contributed by atoms with Crippen molar-refractivity contribution < 1.29 is 26.7 Å². The highest BCUT2D eigenvalue weighted by molar-refractivity contribution is 5.98. The number of amides is 1. The van der Waals surface area contributed by atoms with Gasteiger partial charge in [0.05, 0.1) is 0 Å². The molecule has 2 aromatic rings. The Hall–Kier alpha value is -3.22. The second kappa shape index (κ2) is 9.51. The molecule has 0 radical (unpaired) electrons. The van der Waals surface area contributed by atoms with Crippen LogP contribution in [-0.2, 0) is 6.42 Å². The van der Waals surface area contributed by atoms with Crippen molar-refractivity contribution in [2.75, 3.05) is 35.2 Å². The largest absolute Gasteiger partial charge is 0.406 e. The Bertz CT molecular complexity index is 970. The van der Waals surface area contributed by atoms with Gasteiger partial charge in [0.25, 0.3) is 5.91 Å². The fourth-order valence-corrected chi connectivity index (χ4v) is 3.40. The summed E-state index contributed by atoms with van der Waals surface area (Å²) in [7, 11) is 0. The van der Waals surface area contributed by atoms with Gasteiger partial charge in [-0.15, -0.1) is 0 Å². The summed E-state index contributed by atoms with van der Waals surface area (Å²) in [6.45, 7) is -1.04. The maximum absolute atomic E-state index is 13.5. The molecule has 6 N–H and O–H groups in total. The molecular weight excluding hydrogens is 437 g/mol. The van der Waals surface area contributed by atoms with Gasteiger partial charge in [-0.05, 0) is 18.6 Å². The lowest BCUT2D eigenvalue weighted by Crippen LogP contribution is -2.34. The van der Waals surface area contributed by atoms with Crippen LogP contribution in [0.25, 0.3) is 0 Å². The first-order valence-corrected chi connectivity index (χ1v) is 9.69. The number of fused-ring (bicyclic) bond motifs is 1. The predicted molar refractivity (Wildman–Crippen MR) is 109 cm³/mol. The molecule has 0 fully saturated rings. The molecule has 13 heteroatoms. The van der Waals surface area contributed by atoms with Crippen molar-refractivity contribution in [2.45, 2.75) is 31.5 Å². The average Bonchev–Trinajstić information content (AvgIpc) is 3.18. The van der Waals surface area contributed by atoms with Gasteiger partial charge in [0.1, 0.15) is 12.1 Å². The minimum Gasteiger partial charge on any atom is -0.384 e. The Morgan fingerprint density at radius 3 is 2.72 bits per heavy atom. The van der Waals surface area contributed by atoms with E-state index in [1.165, 1.54) is 6.07 Å². The third-order valence-electron chi connectivity index (χ3n) is 4.76. The SMILES string of the molecule is NC(=O)c1cnc(NC[C@@H](N)CC(F)F)nc1N(CC(F)(F)F)c1cccc2c1CCN2. The van der Waals surface area contributed by atoms with Gasteiger partial charge >= 0.3 is 6.18 Å². The number of hydrogen-bond acceptors (Lipinski definition) is 7. The van der Waals surface area contributed by atoms with Gasteiger partial charge in [-0.25, -0.2) is 13.8 Å². The normalized spacial score (nSPS) is 14.1. The van der Waals surface area contributed by atoms with Gasteiger partial charge in [0.15, 0.2) is 5.82 Å². The van der Waals surface area contributed by atoms with Crippen LogP contribution >= 0.6 is 0 Å². The van der Waals surface area contributed by atoms with Crippen molar-refractivity contribution in [3.05, 3.63) is 35.5 Å². The lowest BCUT2D eigenvalue weighted by molar-refractivity contribution is -0.118. The monoisotopic (exact) mass is 459 g/mol. The molecule has 32 heavy (non-hydrogen) atoms. The molecule has 0 saturated heterocycles. The first kappa shape index (κ1) is 23.4. The Labute approximate surface area is 180 Å². The van der Waals surface area contributed by atoms with Gasteiger partial charge in [0, 0.05) is 48.7 Å². The number of carbonyl (C=O) groups excluding carboxylic acids is 1. The number of nitrogens with zero attached hydrogens (tertiary/aromatic N) is 3. The molecule has 1 aromatic carbocycles. The number of benzene rings is 1. The minimum atomic E-state index is -4.64. The maximum atomic E-state index is 13.5. The number of hydrogen-bond donors (Lipinski definition) is 4. The Kier molecular flexibility index (Phi) is 6.96. The topological polar surface area (TPSA) is 122 Å². The summed E-state index contributed by atoms with van der Waals surface area (Å²) in [4.78, 5) is 20.8. The van der Waals surface area contributed by atoms with Crippen LogP contribution in [-0.4, -0.2) is 54.2 Å². The van der Waals surface area contributed by atoms with Gasteiger partial charge in [-0.3, -0.25) is 4.79 Å². The molecule has 0 unspecified atom stereocenters. The molecule has 174 valence electrons. The molecule has 8 nitrogen and oxygen atoms in total. The van der Waals surface area contributed by atoms with Crippen molar-refractivity contribution in [1.82, 2.24) is 9.97 Å². The number of primary amides is 1. The smallest absolute Gasteiger partial charge is 0.384 e. The van der Waals surface area contributed by atoms with E-state index in [1.807, 2.05) is 0 Å².